The van der Waals surface area contributed by atoms with E-state index in [0.29, 0.717) is 20.2 Å². The van der Waals surface area contributed by atoms with Gasteiger partial charge in [-0.2, -0.15) is 0 Å². The summed E-state index contributed by atoms with van der Waals surface area (Å²) in [4.78, 5) is 17.1. The number of halogens is 2. The van der Waals surface area contributed by atoms with Gasteiger partial charge in [-0.05, 0) is 12.1 Å². The normalized spacial score (nSPS) is 14.7. The van der Waals surface area contributed by atoms with Gasteiger partial charge in [-0.1, -0.05) is 52.4 Å². The third kappa shape index (κ3) is 3.22. The summed E-state index contributed by atoms with van der Waals surface area (Å²) in [5, 5.41) is 10.0. The van der Waals surface area contributed by atoms with Gasteiger partial charge >= 0.3 is 0 Å². The molecule has 1 N–H and O–H groups in total. The molecule has 1 aromatic carbocycles. The quantitative estimate of drug-likeness (QED) is 0.877. The number of amides is 1. The Bertz CT molecular complexity index is 735. The van der Waals surface area contributed by atoms with Crippen LogP contribution < -0.4 is 9.64 Å². The average molecular weight is 374 g/mol. The van der Waals surface area contributed by atoms with Gasteiger partial charge in [0.15, 0.2) is 10.2 Å². The van der Waals surface area contributed by atoms with E-state index in [0.717, 1.165) is 5.56 Å². The molecule has 1 aromatic heterocycles. The molecule has 114 valence electrons. The minimum absolute atomic E-state index is 0.142. The van der Waals surface area contributed by atoms with Crippen molar-refractivity contribution in [2.24, 2.45) is 0 Å². The third-order valence-electron chi connectivity index (χ3n) is 2.83. The van der Waals surface area contributed by atoms with Gasteiger partial charge in [-0.15, -0.1) is 0 Å². The lowest BCUT2D eigenvalue weighted by Gasteiger charge is -2.09. The zero-order chi connectivity index (χ0) is 15.7. The molecule has 1 saturated heterocycles. The third-order valence-corrected chi connectivity index (χ3v) is 5.16. The van der Waals surface area contributed by atoms with Crippen LogP contribution in [-0.4, -0.2) is 21.8 Å². The van der Waals surface area contributed by atoms with E-state index in [1.165, 1.54) is 34.2 Å². The number of carbonyl (C=O) groups is 1. The van der Waals surface area contributed by atoms with E-state index in [1.54, 1.807) is 18.2 Å². The molecule has 1 aliphatic rings. The van der Waals surface area contributed by atoms with E-state index < -0.39 is 0 Å². The van der Waals surface area contributed by atoms with Crippen molar-refractivity contribution in [3.63, 3.8) is 0 Å². The van der Waals surface area contributed by atoms with Crippen molar-refractivity contribution >= 4 is 62.5 Å². The highest BCUT2D eigenvalue weighted by Gasteiger charge is 2.30. The van der Waals surface area contributed by atoms with Crippen LogP contribution in [0.15, 0.2) is 24.4 Å². The van der Waals surface area contributed by atoms with Crippen LogP contribution in [0, 0.1) is 5.41 Å². The number of nitrogens with zero attached hydrogens (tertiary/aromatic N) is 2. The number of benzene rings is 1. The second-order valence-electron chi connectivity index (χ2n) is 4.31. The molecule has 9 heteroatoms. The van der Waals surface area contributed by atoms with Crippen molar-refractivity contribution in [3.05, 3.63) is 40.0 Å². The number of thioether (sulfide) groups is 1. The highest BCUT2D eigenvalue weighted by atomic mass is 35.5. The van der Waals surface area contributed by atoms with Gasteiger partial charge in [0.2, 0.25) is 11.0 Å². The van der Waals surface area contributed by atoms with E-state index in [4.69, 9.17) is 33.3 Å². The molecule has 2 heterocycles. The number of carbonyl (C=O) groups excluding carboxylic acids is 1. The monoisotopic (exact) mass is 373 g/mol. The molecular weight excluding hydrogens is 365 g/mol. The van der Waals surface area contributed by atoms with Gasteiger partial charge in [0.1, 0.15) is 6.61 Å². The van der Waals surface area contributed by atoms with Crippen molar-refractivity contribution < 1.29 is 9.53 Å². The molecule has 0 saturated carbocycles. The maximum Gasteiger partial charge on any atom is 0.245 e. The number of thiazole rings is 1. The smallest absolute Gasteiger partial charge is 0.245 e. The van der Waals surface area contributed by atoms with Crippen LogP contribution in [0.1, 0.15) is 5.56 Å². The predicted octanol–water partition coefficient (Wildman–Crippen LogP) is 4.04. The van der Waals surface area contributed by atoms with Gasteiger partial charge in [-0.25, -0.2) is 9.88 Å². The Morgan fingerprint density at radius 3 is 2.91 bits per heavy atom. The number of amidine groups is 1. The largest absolute Gasteiger partial charge is 0.478 e. The first kappa shape index (κ1) is 15.6. The number of hydrogen-bond donors (Lipinski definition) is 1. The van der Waals surface area contributed by atoms with E-state index in [2.05, 4.69) is 4.98 Å². The van der Waals surface area contributed by atoms with E-state index in [1.807, 2.05) is 0 Å². The lowest BCUT2D eigenvalue weighted by atomic mass is 10.2. The van der Waals surface area contributed by atoms with Crippen LogP contribution in [0.4, 0.5) is 5.13 Å². The minimum atomic E-state index is -0.142. The lowest BCUT2D eigenvalue weighted by Crippen LogP contribution is -2.28. The zero-order valence-corrected chi connectivity index (χ0v) is 14.2. The van der Waals surface area contributed by atoms with E-state index in [-0.39, 0.29) is 23.4 Å². The summed E-state index contributed by atoms with van der Waals surface area (Å²) in [6.07, 6.45) is 1.54. The van der Waals surface area contributed by atoms with Gasteiger partial charge in [0.05, 0.1) is 11.9 Å². The number of ether oxygens (including phenoxy) is 1. The molecule has 2 aromatic rings. The Kier molecular flexibility index (Phi) is 4.58. The fourth-order valence-corrected chi connectivity index (χ4v) is 3.79. The second-order valence-corrected chi connectivity index (χ2v) is 7.09. The Morgan fingerprint density at radius 1 is 1.41 bits per heavy atom. The first-order valence-electron chi connectivity index (χ1n) is 6.11. The standard InChI is InChI=1S/C13H9Cl2N3O2S2/c14-8-2-1-7(9(15)3-8)5-20-11-4-17-13(22-11)18-10(19)6-21-12(18)16/h1-4,16H,5-6H2. The van der Waals surface area contributed by atoms with Crippen LogP contribution in [0.25, 0.3) is 0 Å². The Morgan fingerprint density at radius 2 is 2.23 bits per heavy atom. The van der Waals surface area contributed by atoms with Crippen LogP contribution in [0.2, 0.25) is 10.0 Å². The van der Waals surface area contributed by atoms with Gasteiger partial charge in [0.25, 0.3) is 0 Å². The van der Waals surface area contributed by atoms with Crippen molar-refractivity contribution in [2.75, 3.05) is 10.7 Å². The average Bonchev–Trinajstić information content (AvgIpc) is 3.05. The molecule has 5 nitrogen and oxygen atoms in total. The molecule has 0 aliphatic carbocycles. The zero-order valence-electron chi connectivity index (χ0n) is 11.0. The molecule has 0 radical (unpaired) electrons. The molecule has 0 spiro atoms. The summed E-state index contributed by atoms with van der Waals surface area (Å²) in [6.45, 7) is 0.276. The number of aromatic nitrogens is 1. The van der Waals surface area contributed by atoms with Crippen molar-refractivity contribution in [3.8, 4) is 5.06 Å². The molecule has 1 fully saturated rings. The van der Waals surface area contributed by atoms with E-state index in [9.17, 15) is 4.79 Å². The maximum atomic E-state index is 11.7. The van der Waals surface area contributed by atoms with Crippen LogP contribution in [0.5, 0.6) is 5.06 Å². The Hall–Kier alpha value is -1.28. The lowest BCUT2D eigenvalue weighted by molar-refractivity contribution is -0.115. The molecule has 0 bridgehead atoms. The molecular formula is C13H9Cl2N3O2S2. The van der Waals surface area contributed by atoms with Crippen molar-refractivity contribution in [2.45, 2.75) is 6.61 Å². The predicted molar refractivity (Wildman–Crippen MR) is 90.6 cm³/mol. The highest BCUT2D eigenvalue weighted by Crippen LogP contribution is 2.34. The first-order valence-corrected chi connectivity index (χ1v) is 8.67. The summed E-state index contributed by atoms with van der Waals surface area (Å²) in [7, 11) is 0. The summed E-state index contributed by atoms with van der Waals surface area (Å²) in [6, 6.07) is 5.19. The second kappa shape index (κ2) is 6.45. The van der Waals surface area contributed by atoms with Crippen LogP contribution >= 0.6 is 46.3 Å². The summed E-state index contributed by atoms with van der Waals surface area (Å²) < 4.78 is 5.64. The summed E-state index contributed by atoms with van der Waals surface area (Å²) in [5.74, 6) is 0.131. The number of nitrogens with one attached hydrogen (secondary N) is 1. The van der Waals surface area contributed by atoms with Gasteiger partial charge in [0, 0.05) is 15.6 Å². The number of hydrogen-bond acceptors (Lipinski definition) is 6. The van der Waals surface area contributed by atoms with Gasteiger partial charge < -0.3 is 4.74 Å². The van der Waals surface area contributed by atoms with E-state index >= 15 is 0 Å². The van der Waals surface area contributed by atoms with Crippen LogP contribution in [0.3, 0.4) is 0 Å². The van der Waals surface area contributed by atoms with Crippen molar-refractivity contribution in [1.82, 2.24) is 4.98 Å². The maximum absolute atomic E-state index is 11.7. The molecule has 0 unspecified atom stereocenters. The first-order chi connectivity index (χ1) is 10.5. The van der Waals surface area contributed by atoms with Crippen LogP contribution in [-0.2, 0) is 11.4 Å². The molecule has 1 aliphatic heterocycles. The molecule has 22 heavy (non-hydrogen) atoms. The topological polar surface area (TPSA) is 66.3 Å². The molecule has 3 rings (SSSR count). The number of anilines is 1. The molecule has 1 amide bonds. The fourth-order valence-electron chi connectivity index (χ4n) is 1.77. The number of rotatable bonds is 4. The Labute approximate surface area is 144 Å². The van der Waals surface area contributed by atoms with Gasteiger partial charge in [-0.3, -0.25) is 10.2 Å². The summed E-state index contributed by atoms with van der Waals surface area (Å²) in [5.41, 5.74) is 0.807. The SMILES string of the molecule is N=C1SCC(=O)N1c1ncc(OCc2ccc(Cl)cc2Cl)s1. The summed E-state index contributed by atoms with van der Waals surface area (Å²) >= 11 is 14.3. The minimum Gasteiger partial charge on any atom is -0.478 e. The Balaban J connectivity index is 1.69. The van der Waals surface area contributed by atoms with Crippen molar-refractivity contribution in [1.29, 1.82) is 5.41 Å². The highest BCUT2D eigenvalue weighted by molar-refractivity contribution is 8.15. The fraction of sp³-hybridized carbons (Fsp3) is 0.154. The molecule has 0 atom stereocenters.